The first-order valence-electron chi connectivity index (χ1n) is 5.52. The number of nitrogens with zero attached hydrogens (tertiary/aromatic N) is 4. The van der Waals surface area contributed by atoms with Crippen LogP contribution < -0.4 is 10.6 Å². The maximum absolute atomic E-state index is 10.8. The highest BCUT2D eigenvalue weighted by molar-refractivity contribution is 5.73. The molecule has 0 atom stereocenters. The lowest BCUT2D eigenvalue weighted by atomic mass is 10.1. The normalized spacial score (nSPS) is 10.3. The predicted molar refractivity (Wildman–Crippen MR) is 69.0 cm³/mol. The highest BCUT2D eigenvalue weighted by Crippen LogP contribution is 2.20. The topological polar surface area (TPSA) is 77.0 Å². The van der Waals surface area contributed by atoms with Crippen LogP contribution in [0.2, 0.25) is 0 Å². The molecule has 1 amide bonds. The molecule has 0 radical (unpaired) electrons. The van der Waals surface area contributed by atoms with E-state index in [2.05, 4.69) is 10.3 Å². The number of aromatic nitrogens is 3. The lowest BCUT2D eigenvalue weighted by molar-refractivity contribution is -0.118. The maximum Gasteiger partial charge on any atom is 0.239 e. The van der Waals surface area contributed by atoms with Crippen molar-refractivity contribution >= 4 is 11.6 Å². The number of nitrogens with two attached hydrogens (primary N) is 1. The van der Waals surface area contributed by atoms with Crippen molar-refractivity contribution in [3.05, 3.63) is 30.5 Å². The molecule has 0 aliphatic rings. The number of hydrogen-bond acceptors (Lipinski definition) is 4. The Morgan fingerprint density at radius 2 is 2.00 bits per heavy atom. The summed E-state index contributed by atoms with van der Waals surface area (Å²) in [5.41, 5.74) is 7.89. The first-order valence-corrected chi connectivity index (χ1v) is 5.52. The van der Waals surface area contributed by atoms with Crippen LogP contribution in [-0.4, -0.2) is 35.0 Å². The summed E-state index contributed by atoms with van der Waals surface area (Å²) < 4.78 is 1.43. The Morgan fingerprint density at radius 3 is 2.56 bits per heavy atom. The molecule has 0 fully saturated rings. The summed E-state index contributed by atoms with van der Waals surface area (Å²) in [5.74, 6) is -0.436. The van der Waals surface area contributed by atoms with Crippen molar-refractivity contribution in [3.8, 4) is 11.3 Å². The van der Waals surface area contributed by atoms with E-state index in [1.54, 1.807) is 6.20 Å². The molecule has 0 aliphatic heterocycles. The maximum atomic E-state index is 10.8. The molecule has 18 heavy (non-hydrogen) atoms. The van der Waals surface area contributed by atoms with Crippen LogP contribution >= 0.6 is 0 Å². The number of primary amides is 1. The molecule has 0 unspecified atom stereocenters. The van der Waals surface area contributed by atoms with Crippen LogP contribution in [0.4, 0.5) is 5.69 Å². The van der Waals surface area contributed by atoms with Gasteiger partial charge in [-0.1, -0.05) is 17.3 Å². The molecule has 0 spiro atoms. The molecule has 0 saturated heterocycles. The summed E-state index contributed by atoms with van der Waals surface area (Å²) in [6, 6.07) is 7.94. The van der Waals surface area contributed by atoms with E-state index >= 15 is 0 Å². The molecule has 2 N–H and O–H groups in total. The number of benzene rings is 1. The van der Waals surface area contributed by atoms with Crippen molar-refractivity contribution in [3.63, 3.8) is 0 Å². The van der Waals surface area contributed by atoms with E-state index in [0.717, 1.165) is 16.9 Å². The second kappa shape index (κ2) is 4.87. The number of amides is 1. The quantitative estimate of drug-likeness (QED) is 0.850. The Morgan fingerprint density at radius 1 is 1.33 bits per heavy atom. The van der Waals surface area contributed by atoms with Gasteiger partial charge in [-0.15, -0.1) is 5.10 Å². The first-order chi connectivity index (χ1) is 8.56. The number of rotatable bonds is 4. The second-order valence-electron chi connectivity index (χ2n) is 4.21. The third-order valence-electron chi connectivity index (χ3n) is 2.54. The summed E-state index contributed by atoms with van der Waals surface area (Å²) in [6.07, 6.45) is 1.70. The van der Waals surface area contributed by atoms with E-state index in [1.807, 2.05) is 43.3 Å². The summed E-state index contributed by atoms with van der Waals surface area (Å²) in [4.78, 5) is 12.8. The second-order valence-corrected chi connectivity index (χ2v) is 4.21. The molecule has 6 heteroatoms. The Balaban J connectivity index is 2.20. The van der Waals surface area contributed by atoms with Gasteiger partial charge in [0.05, 0.1) is 6.20 Å². The van der Waals surface area contributed by atoms with Crippen molar-refractivity contribution in [2.75, 3.05) is 19.0 Å². The fraction of sp³-hybridized carbons (Fsp3) is 0.250. The average molecular weight is 245 g/mol. The van der Waals surface area contributed by atoms with Crippen LogP contribution in [0.3, 0.4) is 0 Å². The van der Waals surface area contributed by atoms with E-state index in [0.29, 0.717) is 0 Å². The monoisotopic (exact) mass is 245 g/mol. The molecule has 0 aliphatic carbocycles. The highest BCUT2D eigenvalue weighted by Gasteiger charge is 2.05. The van der Waals surface area contributed by atoms with Gasteiger partial charge in [-0.05, 0) is 12.1 Å². The van der Waals surface area contributed by atoms with Gasteiger partial charge in [0.25, 0.3) is 0 Å². The minimum absolute atomic E-state index is 0.0444. The van der Waals surface area contributed by atoms with Gasteiger partial charge < -0.3 is 10.6 Å². The van der Waals surface area contributed by atoms with Gasteiger partial charge in [-0.3, -0.25) is 4.79 Å². The summed E-state index contributed by atoms with van der Waals surface area (Å²) in [5, 5.41) is 7.85. The van der Waals surface area contributed by atoms with Gasteiger partial charge in [0, 0.05) is 25.3 Å². The molecule has 1 aromatic heterocycles. The summed E-state index contributed by atoms with van der Waals surface area (Å²) >= 11 is 0. The largest absolute Gasteiger partial charge is 0.378 e. The molecule has 94 valence electrons. The standard InChI is InChI=1S/C12H15N5O/c1-16(2)10-5-3-9(4-6-10)11-7-17(15-14-11)8-12(13)18/h3-7H,8H2,1-2H3,(H2,13,18). The molecule has 2 aromatic rings. The van der Waals surface area contributed by atoms with Crippen molar-refractivity contribution in [1.82, 2.24) is 15.0 Å². The minimum Gasteiger partial charge on any atom is -0.378 e. The third-order valence-corrected chi connectivity index (χ3v) is 2.54. The fourth-order valence-corrected chi connectivity index (χ4v) is 1.60. The zero-order valence-electron chi connectivity index (χ0n) is 10.4. The van der Waals surface area contributed by atoms with Crippen LogP contribution in [0.15, 0.2) is 30.5 Å². The van der Waals surface area contributed by atoms with Gasteiger partial charge in [0.1, 0.15) is 12.2 Å². The number of hydrogen-bond donors (Lipinski definition) is 1. The van der Waals surface area contributed by atoms with Gasteiger partial charge in [-0.2, -0.15) is 0 Å². The van der Waals surface area contributed by atoms with E-state index in [1.165, 1.54) is 4.68 Å². The smallest absolute Gasteiger partial charge is 0.239 e. The van der Waals surface area contributed by atoms with Crippen molar-refractivity contribution in [2.45, 2.75) is 6.54 Å². The predicted octanol–water partition coefficient (Wildman–Crippen LogP) is 0.496. The molecule has 2 rings (SSSR count). The average Bonchev–Trinajstić information content (AvgIpc) is 2.76. The van der Waals surface area contributed by atoms with Crippen molar-refractivity contribution < 1.29 is 4.79 Å². The zero-order chi connectivity index (χ0) is 13.1. The zero-order valence-corrected chi connectivity index (χ0v) is 10.4. The lowest BCUT2D eigenvalue weighted by Gasteiger charge is -2.11. The third kappa shape index (κ3) is 2.65. The fourth-order valence-electron chi connectivity index (χ4n) is 1.60. The van der Waals surface area contributed by atoms with Crippen molar-refractivity contribution in [2.24, 2.45) is 5.73 Å². The molecule has 0 bridgehead atoms. The summed E-state index contributed by atoms with van der Waals surface area (Å²) in [6.45, 7) is 0.0444. The Kier molecular flexibility index (Phi) is 3.27. The molecular weight excluding hydrogens is 230 g/mol. The van der Waals surface area contributed by atoms with E-state index < -0.39 is 5.91 Å². The number of anilines is 1. The van der Waals surface area contributed by atoms with Gasteiger partial charge in [0.2, 0.25) is 5.91 Å². The van der Waals surface area contributed by atoms with Crippen LogP contribution in [0.1, 0.15) is 0 Å². The molecule has 0 saturated carbocycles. The molecule has 1 heterocycles. The molecular formula is C12H15N5O. The van der Waals surface area contributed by atoms with E-state index in [-0.39, 0.29) is 6.54 Å². The Bertz CT molecular complexity index is 544. The lowest BCUT2D eigenvalue weighted by Crippen LogP contribution is -2.18. The minimum atomic E-state index is -0.436. The van der Waals surface area contributed by atoms with Crippen LogP contribution in [0, 0.1) is 0 Å². The number of carbonyl (C=O) groups is 1. The molecule has 6 nitrogen and oxygen atoms in total. The van der Waals surface area contributed by atoms with Crippen molar-refractivity contribution in [1.29, 1.82) is 0 Å². The first kappa shape index (κ1) is 12.1. The van der Waals surface area contributed by atoms with E-state index in [4.69, 9.17) is 5.73 Å². The summed E-state index contributed by atoms with van der Waals surface area (Å²) in [7, 11) is 3.97. The van der Waals surface area contributed by atoms with Crippen LogP contribution in [0.25, 0.3) is 11.3 Å². The van der Waals surface area contributed by atoms with Crippen LogP contribution in [-0.2, 0) is 11.3 Å². The number of carbonyl (C=O) groups excluding carboxylic acids is 1. The Hall–Kier alpha value is -2.37. The van der Waals surface area contributed by atoms with E-state index in [9.17, 15) is 4.79 Å². The van der Waals surface area contributed by atoms with Gasteiger partial charge >= 0.3 is 0 Å². The van der Waals surface area contributed by atoms with Crippen LogP contribution in [0.5, 0.6) is 0 Å². The molecule has 1 aromatic carbocycles. The van der Waals surface area contributed by atoms with Gasteiger partial charge in [-0.25, -0.2) is 4.68 Å². The Labute approximate surface area is 105 Å². The SMILES string of the molecule is CN(C)c1ccc(-c2cn(CC(N)=O)nn2)cc1. The van der Waals surface area contributed by atoms with Gasteiger partial charge in [0.15, 0.2) is 0 Å². The highest BCUT2D eigenvalue weighted by atomic mass is 16.1.